The van der Waals surface area contributed by atoms with Gasteiger partial charge in [0.15, 0.2) is 0 Å². The van der Waals surface area contributed by atoms with Crippen LogP contribution in [0.5, 0.6) is 11.5 Å². The van der Waals surface area contributed by atoms with E-state index in [1.165, 1.54) is 0 Å². The maximum absolute atomic E-state index is 14.6. The fourth-order valence-corrected chi connectivity index (χ4v) is 8.72. The highest BCUT2D eigenvalue weighted by Crippen LogP contribution is 2.47. The molecular weight excluding hydrogens is 669 g/mol. The predicted molar refractivity (Wildman–Crippen MR) is 193 cm³/mol. The molecule has 1 aliphatic heterocycles. The van der Waals surface area contributed by atoms with Crippen LogP contribution in [0.15, 0.2) is 87.5 Å². The molecule has 0 fully saturated rings. The second kappa shape index (κ2) is 13.7. The quantitative estimate of drug-likeness (QED) is 0.0971. The Morgan fingerprint density at radius 2 is 1.71 bits per heavy atom. The van der Waals surface area contributed by atoms with Crippen LogP contribution in [0.4, 0.5) is 5.69 Å². The van der Waals surface area contributed by atoms with E-state index < -0.39 is 10.1 Å². The van der Waals surface area contributed by atoms with Crippen LogP contribution in [0.3, 0.4) is 0 Å². The molecule has 0 saturated carbocycles. The van der Waals surface area contributed by atoms with Crippen molar-refractivity contribution >= 4 is 60.8 Å². The van der Waals surface area contributed by atoms with Gasteiger partial charge in [-0.05, 0) is 67.8 Å². The fraction of sp³-hybridized carbons (Fsp3) is 0.257. The monoisotopic (exact) mass is 705 g/mol. The summed E-state index contributed by atoms with van der Waals surface area (Å²) in [6.45, 7) is 2.30. The van der Waals surface area contributed by atoms with Crippen molar-refractivity contribution in [3.05, 3.63) is 104 Å². The average molecular weight is 706 g/mol. The van der Waals surface area contributed by atoms with Gasteiger partial charge >= 0.3 is 0 Å². The highest BCUT2D eigenvalue weighted by atomic mass is 32.2. The zero-order valence-electron chi connectivity index (χ0n) is 27.3. The van der Waals surface area contributed by atoms with E-state index in [0.29, 0.717) is 24.2 Å². The van der Waals surface area contributed by atoms with Crippen LogP contribution < -0.4 is 24.5 Å². The lowest BCUT2D eigenvalue weighted by molar-refractivity contribution is -0.642. The summed E-state index contributed by atoms with van der Waals surface area (Å²) in [4.78, 5) is 17.8. The van der Waals surface area contributed by atoms with Crippen LogP contribution in [0.25, 0.3) is 27.6 Å². The highest BCUT2D eigenvalue weighted by molar-refractivity contribution is 8.03. The Morgan fingerprint density at radius 1 is 1.00 bits per heavy atom. The molecule has 10 nitrogen and oxygen atoms in total. The largest absolute Gasteiger partial charge is 0.497 e. The number of ether oxygens (including phenoxy) is 2. The molecule has 6 rings (SSSR count). The number of aromatic nitrogens is 3. The smallest absolute Gasteiger partial charge is 0.279 e. The minimum Gasteiger partial charge on any atom is -0.497 e. The van der Waals surface area contributed by atoms with Gasteiger partial charge in [0.25, 0.3) is 20.7 Å². The number of thiazole rings is 1. The Kier molecular flexibility index (Phi) is 9.57. The van der Waals surface area contributed by atoms with Crippen molar-refractivity contribution in [1.29, 1.82) is 0 Å². The first kappa shape index (κ1) is 33.6. The molecule has 1 aliphatic rings. The molecule has 1 N–H and O–H groups in total. The van der Waals surface area contributed by atoms with Gasteiger partial charge in [0.2, 0.25) is 5.52 Å². The van der Waals surface area contributed by atoms with Crippen LogP contribution >= 0.6 is 23.1 Å². The maximum atomic E-state index is 14.6. The molecular formula is C35H37N4O6S3+. The van der Waals surface area contributed by atoms with Crippen LogP contribution in [0.2, 0.25) is 0 Å². The van der Waals surface area contributed by atoms with E-state index in [9.17, 15) is 17.8 Å². The number of benzene rings is 3. The molecule has 0 aliphatic carbocycles. The molecule has 2 aromatic heterocycles. The van der Waals surface area contributed by atoms with Crippen molar-refractivity contribution in [1.82, 2.24) is 9.36 Å². The van der Waals surface area contributed by atoms with E-state index in [0.717, 1.165) is 53.6 Å². The van der Waals surface area contributed by atoms with Crippen molar-refractivity contribution in [3.63, 3.8) is 0 Å². The van der Waals surface area contributed by atoms with E-state index in [4.69, 9.17) is 9.47 Å². The minimum atomic E-state index is -4.09. The lowest BCUT2D eigenvalue weighted by Crippen LogP contribution is -2.29. The zero-order chi connectivity index (χ0) is 34.2. The third kappa shape index (κ3) is 6.68. The van der Waals surface area contributed by atoms with E-state index in [1.807, 2.05) is 92.4 Å². The fourth-order valence-electron chi connectivity index (χ4n) is 5.89. The summed E-state index contributed by atoms with van der Waals surface area (Å²) in [6, 6.07) is 21.4. The number of para-hydroxylation sites is 1. The third-order valence-electron chi connectivity index (χ3n) is 8.41. The van der Waals surface area contributed by atoms with E-state index >= 15 is 0 Å². The molecule has 0 atom stereocenters. The van der Waals surface area contributed by atoms with Gasteiger partial charge < -0.3 is 14.4 Å². The molecule has 250 valence electrons. The number of hydrogen-bond acceptors (Lipinski definition) is 8. The van der Waals surface area contributed by atoms with Crippen molar-refractivity contribution in [2.24, 2.45) is 7.05 Å². The normalized spacial score (nSPS) is 14.2. The van der Waals surface area contributed by atoms with Crippen molar-refractivity contribution in [2.75, 3.05) is 31.9 Å². The van der Waals surface area contributed by atoms with E-state index in [1.54, 1.807) is 42.0 Å². The number of aryl methyl sites for hydroxylation is 1. The zero-order valence-corrected chi connectivity index (χ0v) is 29.8. The predicted octanol–water partition coefficient (Wildman–Crippen LogP) is 6.30. The molecule has 3 aromatic carbocycles. The average Bonchev–Trinajstić information content (AvgIpc) is 3.64. The first-order chi connectivity index (χ1) is 23.0. The number of nitrogens with zero attached hydrogens (tertiary/aromatic N) is 4. The van der Waals surface area contributed by atoms with Crippen LogP contribution in [-0.4, -0.2) is 49.4 Å². The Hall–Kier alpha value is -4.30. The number of fused-ring (bicyclic) bond motifs is 2. The molecule has 13 heteroatoms. The molecule has 0 saturated heterocycles. The molecule has 0 unspecified atom stereocenters. The lowest BCUT2D eigenvalue weighted by atomic mass is 10.1. The summed E-state index contributed by atoms with van der Waals surface area (Å²) in [7, 11) is 3.23. The number of methoxy groups -OCH3 is 2. The number of unbranched alkanes of at least 4 members (excludes halogenated alkanes) is 1. The molecule has 5 aromatic rings. The van der Waals surface area contributed by atoms with E-state index in [2.05, 4.69) is 21.6 Å². The van der Waals surface area contributed by atoms with Crippen LogP contribution in [0, 0.1) is 6.92 Å². The van der Waals surface area contributed by atoms with Gasteiger partial charge in [-0.3, -0.25) is 14.0 Å². The summed E-state index contributed by atoms with van der Waals surface area (Å²) < 4.78 is 49.8. The van der Waals surface area contributed by atoms with Crippen LogP contribution in [-0.2, 0) is 23.7 Å². The van der Waals surface area contributed by atoms with Crippen molar-refractivity contribution in [2.45, 2.75) is 31.2 Å². The summed E-state index contributed by atoms with van der Waals surface area (Å²) >= 11 is 3.22. The first-order valence-electron chi connectivity index (χ1n) is 15.3. The number of anilines is 1. The summed E-state index contributed by atoms with van der Waals surface area (Å²) in [5, 5.41) is 1.89. The topological polar surface area (TPSA) is 107 Å². The third-order valence-corrected chi connectivity index (χ3v) is 11.5. The van der Waals surface area contributed by atoms with Crippen LogP contribution in [0.1, 0.15) is 29.1 Å². The molecule has 0 amide bonds. The van der Waals surface area contributed by atoms with Crippen molar-refractivity contribution in [3.8, 4) is 17.2 Å². The van der Waals surface area contributed by atoms with E-state index in [-0.39, 0.29) is 17.7 Å². The van der Waals surface area contributed by atoms with Gasteiger partial charge in [0.1, 0.15) is 23.2 Å². The SMILES string of the molecule is COc1ccc2c(c1)S/C(=C\C(=C\c1sc3cc(OC)ccc3[n+]1C)c1c(C)n(CCCCS(=O)(=O)O)n(-c3ccccc3)c1=O)N2C. The molecule has 48 heavy (non-hydrogen) atoms. The Balaban J connectivity index is 1.54. The Morgan fingerprint density at radius 3 is 2.42 bits per heavy atom. The highest BCUT2D eigenvalue weighted by Gasteiger charge is 2.27. The number of allylic oxidation sites excluding steroid dienone is 2. The minimum absolute atomic E-state index is 0.188. The Labute approximate surface area is 287 Å². The standard InChI is InChI=1S/C35H36N4O6S3/c1-23-34(35(40)39(25-11-7-6-8-12-25)38(23)17-9-10-18-48(41,42)43)24(19-32-36(2)28-15-13-26(44-4)21-30(28)46-32)20-33-37(3)29-16-14-27(45-5)22-31(29)47-33/h6-8,11-16,19-22H,9-10,17-18H2,1-5H3/p+1. The van der Waals surface area contributed by atoms with Gasteiger partial charge in [-0.25, -0.2) is 4.68 Å². The summed E-state index contributed by atoms with van der Waals surface area (Å²) in [5.74, 6) is 1.20. The molecule has 0 bridgehead atoms. The maximum Gasteiger partial charge on any atom is 0.279 e. The molecule has 3 heterocycles. The summed E-state index contributed by atoms with van der Waals surface area (Å²) in [5.41, 5.74) is 4.62. The second-order valence-electron chi connectivity index (χ2n) is 11.4. The van der Waals surface area contributed by atoms with Gasteiger partial charge in [0.05, 0.1) is 41.9 Å². The second-order valence-corrected chi connectivity index (χ2v) is 15.1. The lowest BCUT2D eigenvalue weighted by Gasteiger charge is -2.14. The number of rotatable bonds is 11. The van der Waals surface area contributed by atoms with Gasteiger partial charge in [0, 0.05) is 42.4 Å². The van der Waals surface area contributed by atoms with Gasteiger partial charge in [-0.15, -0.1) is 0 Å². The Bertz CT molecular complexity index is 2230. The van der Waals surface area contributed by atoms with Gasteiger partial charge in [-0.2, -0.15) is 13.0 Å². The molecule has 0 radical (unpaired) electrons. The first-order valence-corrected chi connectivity index (χ1v) is 18.6. The summed E-state index contributed by atoms with van der Waals surface area (Å²) in [6.07, 6.45) is 4.82. The molecule has 0 spiro atoms. The van der Waals surface area contributed by atoms with Crippen molar-refractivity contribution < 1.29 is 27.0 Å². The number of thioether (sulfide) groups is 1. The van der Waals surface area contributed by atoms with Gasteiger partial charge in [-0.1, -0.05) is 41.3 Å². The number of hydrogen-bond donors (Lipinski definition) is 1.